The van der Waals surface area contributed by atoms with E-state index in [1.165, 1.54) is 0 Å². The predicted molar refractivity (Wildman–Crippen MR) is 123 cm³/mol. The van der Waals surface area contributed by atoms with Crippen LogP contribution in [0.1, 0.15) is 24.1 Å². The first kappa shape index (κ1) is 21.7. The van der Waals surface area contributed by atoms with E-state index in [1.54, 1.807) is 25.6 Å². The summed E-state index contributed by atoms with van der Waals surface area (Å²) in [5.74, 6) is 0.0494. The number of aromatic nitrogens is 3. The highest BCUT2D eigenvalue weighted by Gasteiger charge is 2.45. The molecule has 1 fully saturated rings. The highest BCUT2D eigenvalue weighted by molar-refractivity contribution is 5.86. The number of amides is 2. The van der Waals surface area contributed by atoms with Gasteiger partial charge in [0.05, 0.1) is 5.41 Å². The Labute approximate surface area is 188 Å². The van der Waals surface area contributed by atoms with Crippen molar-refractivity contribution in [3.8, 4) is 11.1 Å². The molecule has 0 saturated carbocycles. The van der Waals surface area contributed by atoms with Gasteiger partial charge in [-0.25, -0.2) is 0 Å². The SMILES string of the molecule is CNC(=O)C1(Cc2ccccc2-c2ccncc2)CCN(C(=O)CCn2nccc2C)C1. The summed E-state index contributed by atoms with van der Waals surface area (Å²) in [6, 6.07) is 14.0. The molecule has 7 nitrogen and oxygen atoms in total. The number of rotatable bonds is 7. The molecule has 166 valence electrons. The Bertz CT molecular complexity index is 1090. The topological polar surface area (TPSA) is 80.1 Å². The molecule has 4 rings (SSSR count). The molecule has 3 heterocycles. The van der Waals surface area contributed by atoms with E-state index in [1.807, 2.05) is 46.8 Å². The summed E-state index contributed by atoms with van der Waals surface area (Å²) in [4.78, 5) is 32.0. The first-order chi connectivity index (χ1) is 15.5. The van der Waals surface area contributed by atoms with E-state index in [0.29, 0.717) is 38.9 Å². The van der Waals surface area contributed by atoms with Gasteiger partial charge in [-0.2, -0.15) is 5.10 Å². The number of carbonyl (C=O) groups excluding carboxylic acids is 2. The van der Waals surface area contributed by atoms with Crippen LogP contribution in [0.3, 0.4) is 0 Å². The van der Waals surface area contributed by atoms with Gasteiger partial charge in [0, 0.05) is 57.4 Å². The summed E-state index contributed by atoms with van der Waals surface area (Å²) in [6.45, 7) is 3.53. The van der Waals surface area contributed by atoms with Crippen molar-refractivity contribution < 1.29 is 9.59 Å². The van der Waals surface area contributed by atoms with Crippen molar-refractivity contribution in [3.63, 3.8) is 0 Å². The van der Waals surface area contributed by atoms with Crippen molar-refractivity contribution in [2.24, 2.45) is 5.41 Å². The van der Waals surface area contributed by atoms with Gasteiger partial charge in [0.1, 0.15) is 0 Å². The van der Waals surface area contributed by atoms with E-state index in [0.717, 1.165) is 22.4 Å². The molecule has 1 atom stereocenters. The van der Waals surface area contributed by atoms with Gasteiger partial charge in [-0.3, -0.25) is 19.3 Å². The normalized spacial score (nSPS) is 18.0. The molecule has 0 radical (unpaired) electrons. The summed E-state index contributed by atoms with van der Waals surface area (Å²) in [5, 5.41) is 7.10. The lowest BCUT2D eigenvalue weighted by Crippen LogP contribution is -2.44. The molecule has 1 saturated heterocycles. The third kappa shape index (κ3) is 4.42. The fourth-order valence-electron chi connectivity index (χ4n) is 4.61. The molecule has 32 heavy (non-hydrogen) atoms. The number of hydrogen-bond donors (Lipinski definition) is 1. The number of nitrogens with one attached hydrogen (secondary N) is 1. The minimum Gasteiger partial charge on any atom is -0.359 e. The average molecular weight is 432 g/mol. The van der Waals surface area contributed by atoms with Crippen LogP contribution in [-0.2, 0) is 22.6 Å². The molecule has 0 spiro atoms. The maximum Gasteiger partial charge on any atom is 0.228 e. The molecular weight excluding hydrogens is 402 g/mol. The van der Waals surface area contributed by atoms with Gasteiger partial charge in [-0.05, 0) is 54.7 Å². The number of carbonyl (C=O) groups is 2. The minimum atomic E-state index is -0.644. The number of pyridine rings is 1. The lowest BCUT2D eigenvalue weighted by atomic mass is 9.78. The molecule has 1 aliphatic heterocycles. The van der Waals surface area contributed by atoms with E-state index in [9.17, 15) is 9.59 Å². The van der Waals surface area contributed by atoms with E-state index in [4.69, 9.17) is 0 Å². The summed E-state index contributed by atoms with van der Waals surface area (Å²) >= 11 is 0. The van der Waals surface area contributed by atoms with Crippen molar-refractivity contribution in [3.05, 3.63) is 72.3 Å². The van der Waals surface area contributed by atoms with E-state index >= 15 is 0 Å². The van der Waals surface area contributed by atoms with E-state index in [-0.39, 0.29) is 11.8 Å². The van der Waals surface area contributed by atoms with Gasteiger partial charge >= 0.3 is 0 Å². The minimum absolute atomic E-state index is 0.0137. The molecule has 1 N–H and O–H groups in total. The predicted octanol–water partition coefficient (Wildman–Crippen LogP) is 2.85. The fourth-order valence-corrected chi connectivity index (χ4v) is 4.61. The molecule has 3 aromatic rings. The summed E-state index contributed by atoms with van der Waals surface area (Å²) in [5.41, 5.74) is 3.66. The Morgan fingerprint density at radius 2 is 1.88 bits per heavy atom. The molecule has 1 unspecified atom stereocenters. The van der Waals surface area contributed by atoms with Crippen LogP contribution in [0.15, 0.2) is 61.1 Å². The summed E-state index contributed by atoms with van der Waals surface area (Å²) in [6.07, 6.45) is 6.89. The van der Waals surface area contributed by atoms with Crippen LogP contribution in [0.4, 0.5) is 0 Å². The standard InChI is InChI=1S/C25H29N5O2/c1-19-7-14-28-30(19)15-10-23(31)29-16-11-25(18-29,24(32)26-2)17-21-5-3-4-6-22(21)20-8-12-27-13-9-20/h3-9,12-14H,10-11,15-18H2,1-2H3,(H,26,32). The van der Waals surface area contributed by atoms with Crippen molar-refractivity contribution in [1.29, 1.82) is 0 Å². The Morgan fingerprint density at radius 3 is 2.59 bits per heavy atom. The summed E-state index contributed by atoms with van der Waals surface area (Å²) in [7, 11) is 1.67. The van der Waals surface area contributed by atoms with Crippen LogP contribution in [0, 0.1) is 12.3 Å². The largest absolute Gasteiger partial charge is 0.359 e. The highest BCUT2D eigenvalue weighted by Crippen LogP contribution is 2.37. The van der Waals surface area contributed by atoms with Gasteiger partial charge < -0.3 is 10.2 Å². The van der Waals surface area contributed by atoms with Crippen LogP contribution in [-0.4, -0.2) is 51.6 Å². The van der Waals surface area contributed by atoms with Gasteiger partial charge in [-0.1, -0.05) is 24.3 Å². The number of likely N-dealkylation sites (tertiary alicyclic amines) is 1. The van der Waals surface area contributed by atoms with E-state index in [2.05, 4.69) is 27.5 Å². The zero-order chi connectivity index (χ0) is 22.6. The van der Waals surface area contributed by atoms with Gasteiger partial charge in [0.2, 0.25) is 11.8 Å². The van der Waals surface area contributed by atoms with Gasteiger partial charge in [0.25, 0.3) is 0 Å². The van der Waals surface area contributed by atoms with Crippen molar-refractivity contribution in [1.82, 2.24) is 25.0 Å². The first-order valence-electron chi connectivity index (χ1n) is 11.0. The Balaban J connectivity index is 1.53. The van der Waals surface area contributed by atoms with Crippen LogP contribution in [0.5, 0.6) is 0 Å². The zero-order valence-corrected chi connectivity index (χ0v) is 18.6. The lowest BCUT2D eigenvalue weighted by molar-refractivity contribution is -0.133. The second kappa shape index (κ2) is 9.34. The molecule has 2 amide bonds. The Kier molecular flexibility index (Phi) is 6.35. The maximum atomic E-state index is 13.1. The third-order valence-electron chi connectivity index (χ3n) is 6.42. The average Bonchev–Trinajstić information content (AvgIpc) is 3.45. The third-order valence-corrected chi connectivity index (χ3v) is 6.42. The first-order valence-corrected chi connectivity index (χ1v) is 11.0. The highest BCUT2D eigenvalue weighted by atomic mass is 16.2. The number of hydrogen-bond acceptors (Lipinski definition) is 4. The number of aryl methyl sites for hydroxylation is 2. The monoisotopic (exact) mass is 431 g/mol. The zero-order valence-electron chi connectivity index (χ0n) is 18.6. The van der Waals surface area contributed by atoms with Crippen LogP contribution in [0.25, 0.3) is 11.1 Å². The molecule has 1 aliphatic rings. The maximum absolute atomic E-state index is 13.1. The van der Waals surface area contributed by atoms with Gasteiger partial charge in [-0.15, -0.1) is 0 Å². The second-order valence-electron chi connectivity index (χ2n) is 8.44. The smallest absolute Gasteiger partial charge is 0.228 e. The molecule has 1 aromatic carbocycles. The second-order valence-corrected chi connectivity index (χ2v) is 8.44. The molecule has 7 heteroatoms. The van der Waals surface area contributed by atoms with Crippen LogP contribution >= 0.6 is 0 Å². The van der Waals surface area contributed by atoms with Crippen molar-refractivity contribution in [2.75, 3.05) is 20.1 Å². The molecular formula is C25H29N5O2. The van der Waals surface area contributed by atoms with E-state index < -0.39 is 5.41 Å². The van der Waals surface area contributed by atoms with Crippen molar-refractivity contribution >= 4 is 11.8 Å². The van der Waals surface area contributed by atoms with Crippen molar-refractivity contribution in [2.45, 2.75) is 32.7 Å². The number of nitrogens with zero attached hydrogens (tertiary/aromatic N) is 4. The number of benzene rings is 1. The molecule has 2 aromatic heterocycles. The van der Waals surface area contributed by atoms with Crippen LogP contribution in [0.2, 0.25) is 0 Å². The van der Waals surface area contributed by atoms with Crippen LogP contribution < -0.4 is 5.32 Å². The quantitative estimate of drug-likeness (QED) is 0.624. The van der Waals surface area contributed by atoms with Gasteiger partial charge in [0.15, 0.2) is 0 Å². The molecule has 0 bridgehead atoms. The Morgan fingerprint density at radius 1 is 1.09 bits per heavy atom. The summed E-state index contributed by atoms with van der Waals surface area (Å²) < 4.78 is 1.84. The Hall–Kier alpha value is -3.48. The molecule has 0 aliphatic carbocycles. The lowest BCUT2D eigenvalue weighted by Gasteiger charge is -2.28. The fraction of sp³-hybridized carbons (Fsp3) is 0.360.